The molecule has 0 aromatic heterocycles. The number of nitrogens with one attached hydrogen (secondary N) is 1. The Hall–Kier alpha value is -2.48. The van der Waals surface area contributed by atoms with Gasteiger partial charge in [0.2, 0.25) is 0 Å². The maximum Gasteiger partial charge on any atom is 0.408 e. The van der Waals surface area contributed by atoms with E-state index in [2.05, 4.69) is 10.2 Å². The molecule has 1 saturated heterocycles. The van der Waals surface area contributed by atoms with Crippen molar-refractivity contribution < 1.29 is 28.9 Å². The standard InChI is InChI=1S/C23H36N2O6/c1-23(2,3)31-22(28)24-18(21(26)27)16-17-10-8-11-19(29-4)20(17)30-15-9-14-25-12-6-5-7-13-25/h8,10-11,18H,5-7,9,12-16H2,1-4H3,(H,24,28)(H,26,27). The van der Waals surface area contributed by atoms with Gasteiger partial charge < -0.3 is 29.5 Å². The van der Waals surface area contributed by atoms with Crippen LogP contribution in [0, 0.1) is 0 Å². The zero-order valence-corrected chi connectivity index (χ0v) is 19.1. The summed E-state index contributed by atoms with van der Waals surface area (Å²) in [4.78, 5) is 26.3. The van der Waals surface area contributed by atoms with Crippen molar-refractivity contribution in [1.82, 2.24) is 10.2 Å². The molecule has 174 valence electrons. The second kappa shape index (κ2) is 11.8. The molecule has 1 heterocycles. The first-order valence-electron chi connectivity index (χ1n) is 10.9. The molecule has 8 heteroatoms. The molecule has 0 bridgehead atoms. The average Bonchev–Trinajstić information content (AvgIpc) is 2.70. The van der Waals surface area contributed by atoms with Crippen LogP contribution in [0.5, 0.6) is 11.5 Å². The van der Waals surface area contributed by atoms with Gasteiger partial charge in [0.15, 0.2) is 11.5 Å². The molecule has 0 saturated carbocycles. The maximum atomic E-state index is 12.1. The fourth-order valence-corrected chi connectivity index (χ4v) is 3.56. The number of para-hydroxylation sites is 1. The zero-order chi connectivity index (χ0) is 22.9. The number of carbonyl (C=O) groups excluding carboxylic acids is 1. The number of ether oxygens (including phenoxy) is 3. The first-order chi connectivity index (χ1) is 14.7. The van der Waals surface area contributed by atoms with Crippen molar-refractivity contribution in [3.05, 3.63) is 23.8 Å². The van der Waals surface area contributed by atoms with Gasteiger partial charge >= 0.3 is 12.1 Å². The normalized spacial score (nSPS) is 15.7. The van der Waals surface area contributed by atoms with Gasteiger partial charge in [-0.05, 0) is 59.2 Å². The molecule has 1 unspecified atom stereocenters. The maximum absolute atomic E-state index is 12.1. The summed E-state index contributed by atoms with van der Waals surface area (Å²) in [5, 5.41) is 12.0. The van der Waals surface area contributed by atoms with Crippen molar-refractivity contribution in [2.24, 2.45) is 0 Å². The molecule has 8 nitrogen and oxygen atoms in total. The lowest BCUT2D eigenvalue weighted by Crippen LogP contribution is -2.44. The van der Waals surface area contributed by atoms with Gasteiger partial charge in [-0.2, -0.15) is 0 Å². The van der Waals surface area contributed by atoms with Crippen molar-refractivity contribution in [2.45, 2.75) is 64.5 Å². The quantitative estimate of drug-likeness (QED) is 0.542. The van der Waals surface area contributed by atoms with E-state index >= 15 is 0 Å². The van der Waals surface area contributed by atoms with E-state index in [1.165, 1.54) is 19.3 Å². The predicted molar refractivity (Wildman–Crippen MR) is 118 cm³/mol. The number of amides is 1. The predicted octanol–water partition coefficient (Wildman–Crippen LogP) is 3.47. The molecule has 1 fully saturated rings. The van der Waals surface area contributed by atoms with Crippen LogP contribution in [0.15, 0.2) is 18.2 Å². The van der Waals surface area contributed by atoms with Crippen molar-refractivity contribution in [1.29, 1.82) is 0 Å². The molecule has 0 aliphatic carbocycles. The second-order valence-electron chi connectivity index (χ2n) is 8.79. The molecule has 1 amide bonds. The van der Waals surface area contributed by atoms with E-state index in [0.29, 0.717) is 23.7 Å². The summed E-state index contributed by atoms with van der Waals surface area (Å²) in [6.07, 6.45) is 3.95. The molecule has 0 radical (unpaired) electrons. The highest BCUT2D eigenvalue weighted by atomic mass is 16.6. The van der Waals surface area contributed by atoms with Crippen LogP contribution in [0.1, 0.15) is 52.0 Å². The number of hydrogen-bond donors (Lipinski definition) is 2. The highest BCUT2D eigenvalue weighted by Crippen LogP contribution is 2.32. The number of carboxylic acids is 1. The van der Waals surface area contributed by atoms with Gasteiger partial charge in [0, 0.05) is 18.5 Å². The summed E-state index contributed by atoms with van der Waals surface area (Å²) in [6.45, 7) is 8.91. The number of rotatable bonds is 10. The molecule has 1 atom stereocenters. The van der Waals surface area contributed by atoms with Crippen LogP contribution in [0.3, 0.4) is 0 Å². The number of benzene rings is 1. The third kappa shape index (κ3) is 8.65. The van der Waals surface area contributed by atoms with E-state index in [-0.39, 0.29) is 6.42 Å². The number of nitrogens with zero attached hydrogens (tertiary/aromatic N) is 1. The highest BCUT2D eigenvalue weighted by molar-refractivity contribution is 5.80. The van der Waals surface area contributed by atoms with Gasteiger partial charge in [-0.25, -0.2) is 9.59 Å². The number of aliphatic carboxylic acids is 1. The van der Waals surface area contributed by atoms with Crippen LogP contribution in [0.2, 0.25) is 0 Å². The van der Waals surface area contributed by atoms with E-state index in [0.717, 1.165) is 26.1 Å². The van der Waals surface area contributed by atoms with Crippen molar-refractivity contribution in [3.8, 4) is 11.5 Å². The Morgan fingerprint density at radius 2 is 1.90 bits per heavy atom. The Balaban J connectivity index is 2.02. The molecular weight excluding hydrogens is 400 g/mol. The van der Waals surface area contributed by atoms with Crippen LogP contribution < -0.4 is 14.8 Å². The van der Waals surface area contributed by atoms with Gasteiger partial charge in [0.05, 0.1) is 13.7 Å². The molecule has 2 rings (SSSR count). The van der Waals surface area contributed by atoms with Gasteiger partial charge in [0.25, 0.3) is 0 Å². The first kappa shape index (κ1) is 24.8. The monoisotopic (exact) mass is 436 g/mol. The summed E-state index contributed by atoms with van der Waals surface area (Å²) >= 11 is 0. The summed E-state index contributed by atoms with van der Waals surface area (Å²) in [5.41, 5.74) is -0.0630. The van der Waals surface area contributed by atoms with E-state index in [1.807, 2.05) is 0 Å². The average molecular weight is 437 g/mol. The summed E-state index contributed by atoms with van der Waals surface area (Å²) in [7, 11) is 1.55. The fourth-order valence-electron chi connectivity index (χ4n) is 3.56. The lowest BCUT2D eigenvalue weighted by Gasteiger charge is -2.26. The lowest BCUT2D eigenvalue weighted by molar-refractivity contribution is -0.139. The smallest absolute Gasteiger partial charge is 0.408 e. The molecule has 1 aliphatic rings. The molecule has 1 aliphatic heterocycles. The van der Waals surface area contributed by atoms with Gasteiger partial charge in [0.1, 0.15) is 11.6 Å². The third-order valence-corrected chi connectivity index (χ3v) is 5.01. The minimum Gasteiger partial charge on any atom is -0.493 e. The Labute approximate surface area is 184 Å². The van der Waals surface area contributed by atoms with E-state index in [9.17, 15) is 14.7 Å². The first-order valence-corrected chi connectivity index (χ1v) is 10.9. The Morgan fingerprint density at radius 3 is 2.52 bits per heavy atom. The number of piperidine rings is 1. The van der Waals surface area contributed by atoms with Crippen LogP contribution in [-0.4, -0.2) is 67.1 Å². The van der Waals surface area contributed by atoms with E-state index in [4.69, 9.17) is 14.2 Å². The van der Waals surface area contributed by atoms with Crippen molar-refractivity contribution in [2.75, 3.05) is 33.4 Å². The van der Waals surface area contributed by atoms with Crippen LogP contribution in [-0.2, 0) is 16.0 Å². The molecule has 1 aromatic carbocycles. The zero-order valence-electron chi connectivity index (χ0n) is 19.1. The highest BCUT2D eigenvalue weighted by Gasteiger charge is 2.26. The molecule has 1 aromatic rings. The minimum absolute atomic E-state index is 0.0488. The Morgan fingerprint density at radius 1 is 1.19 bits per heavy atom. The number of hydrogen-bond acceptors (Lipinski definition) is 6. The topological polar surface area (TPSA) is 97.3 Å². The van der Waals surface area contributed by atoms with Gasteiger partial charge in [-0.3, -0.25) is 0 Å². The SMILES string of the molecule is COc1cccc(CC(NC(=O)OC(C)(C)C)C(=O)O)c1OCCCN1CCCCC1. The van der Waals surface area contributed by atoms with Gasteiger partial charge in [-0.1, -0.05) is 18.6 Å². The van der Waals surface area contributed by atoms with Crippen LogP contribution in [0.25, 0.3) is 0 Å². The number of likely N-dealkylation sites (tertiary alicyclic amines) is 1. The van der Waals surface area contributed by atoms with Crippen molar-refractivity contribution in [3.63, 3.8) is 0 Å². The molecule has 2 N–H and O–H groups in total. The number of methoxy groups -OCH3 is 1. The van der Waals surface area contributed by atoms with Gasteiger partial charge in [-0.15, -0.1) is 0 Å². The Bertz CT molecular complexity index is 725. The number of carbonyl (C=O) groups is 2. The van der Waals surface area contributed by atoms with E-state index in [1.54, 1.807) is 46.1 Å². The molecule has 0 spiro atoms. The summed E-state index contributed by atoms with van der Waals surface area (Å²) in [6, 6.07) is 4.19. The summed E-state index contributed by atoms with van der Waals surface area (Å²) in [5.74, 6) is -0.0949. The minimum atomic E-state index is -1.15. The molecular formula is C23H36N2O6. The van der Waals surface area contributed by atoms with Crippen molar-refractivity contribution >= 4 is 12.1 Å². The van der Waals surface area contributed by atoms with Crippen LogP contribution >= 0.6 is 0 Å². The molecule has 31 heavy (non-hydrogen) atoms. The second-order valence-corrected chi connectivity index (χ2v) is 8.79. The van der Waals surface area contributed by atoms with Crippen LogP contribution in [0.4, 0.5) is 4.79 Å². The lowest BCUT2D eigenvalue weighted by atomic mass is 10.0. The van der Waals surface area contributed by atoms with E-state index < -0.39 is 23.7 Å². The largest absolute Gasteiger partial charge is 0.493 e. The number of carboxylic acid groups (broad SMARTS) is 1. The fraction of sp³-hybridized carbons (Fsp3) is 0.652. The Kier molecular flexibility index (Phi) is 9.43. The third-order valence-electron chi connectivity index (χ3n) is 5.01. The summed E-state index contributed by atoms with van der Waals surface area (Å²) < 4.78 is 16.6. The number of alkyl carbamates (subject to hydrolysis) is 1.